The molecule has 0 aromatic heterocycles. The lowest BCUT2D eigenvalue weighted by atomic mass is 9.75. The summed E-state index contributed by atoms with van der Waals surface area (Å²) in [4.78, 5) is 2.62. The van der Waals surface area contributed by atoms with Gasteiger partial charge in [-0.15, -0.1) is 0 Å². The van der Waals surface area contributed by atoms with Crippen molar-refractivity contribution in [3.8, 4) is 0 Å². The second kappa shape index (κ2) is 6.58. The summed E-state index contributed by atoms with van der Waals surface area (Å²) in [5, 5.41) is 0. The fourth-order valence-electron chi connectivity index (χ4n) is 3.26. The van der Waals surface area contributed by atoms with Gasteiger partial charge < -0.3 is 10.6 Å². The van der Waals surface area contributed by atoms with Crippen LogP contribution in [0.25, 0.3) is 0 Å². The molecule has 1 saturated heterocycles. The van der Waals surface area contributed by atoms with Crippen molar-refractivity contribution in [3.05, 3.63) is 0 Å². The molecule has 1 unspecified atom stereocenters. The van der Waals surface area contributed by atoms with E-state index in [1.165, 1.54) is 32.5 Å². The number of likely N-dealkylation sites (tertiary alicyclic amines) is 1. The highest BCUT2D eigenvalue weighted by molar-refractivity contribution is 4.81. The molecule has 0 spiro atoms. The summed E-state index contributed by atoms with van der Waals surface area (Å²) in [5.74, 6) is 0.895. The molecule has 0 aliphatic carbocycles. The van der Waals surface area contributed by atoms with Gasteiger partial charge in [0.1, 0.15) is 0 Å². The molecule has 0 amide bonds. The van der Waals surface area contributed by atoms with Crippen LogP contribution in [0.1, 0.15) is 67.2 Å². The fraction of sp³-hybridized carbons (Fsp3) is 1.00. The molecule has 0 aromatic rings. The second-order valence-corrected chi connectivity index (χ2v) is 8.80. The van der Waals surface area contributed by atoms with Crippen molar-refractivity contribution >= 4 is 0 Å². The Morgan fingerprint density at radius 1 is 1.05 bits per heavy atom. The van der Waals surface area contributed by atoms with Crippen LogP contribution in [0.2, 0.25) is 0 Å². The van der Waals surface area contributed by atoms with Crippen LogP contribution < -0.4 is 5.73 Å². The molecule has 0 radical (unpaired) electrons. The number of hydrogen-bond acceptors (Lipinski definition) is 2. The summed E-state index contributed by atoms with van der Waals surface area (Å²) < 4.78 is 0. The van der Waals surface area contributed by atoms with Crippen molar-refractivity contribution in [2.45, 2.75) is 73.3 Å². The van der Waals surface area contributed by atoms with Crippen LogP contribution in [0.15, 0.2) is 0 Å². The minimum atomic E-state index is 0.360. The first-order chi connectivity index (χ1) is 8.58. The Balaban J connectivity index is 2.23. The van der Waals surface area contributed by atoms with Gasteiger partial charge in [0.15, 0.2) is 0 Å². The number of rotatable bonds is 4. The summed E-state index contributed by atoms with van der Waals surface area (Å²) in [6.07, 6.45) is 5.00. The van der Waals surface area contributed by atoms with E-state index in [-0.39, 0.29) is 0 Å². The van der Waals surface area contributed by atoms with Gasteiger partial charge in [-0.05, 0) is 62.1 Å². The number of nitrogens with two attached hydrogens (primary N) is 1. The molecule has 2 nitrogen and oxygen atoms in total. The van der Waals surface area contributed by atoms with Crippen molar-refractivity contribution in [1.29, 1.82) is 0 Å². The van der Waals surface area contributed by atoms with Crippen molar-refractivity contribution in [1.82, 2.24) is 4.90 Å². The standard InChI is InChI=1S/C17H36N2/c1-16(2,3)13-15(18)9-12-19-10-7-14(8-11-19)17(4,5)6/h14-15H,7-13,18H2,1-6H3. The zero-order valence-corrected chi connectivity index (χ0v) is 14.1. The maximum atomic E-state index is 6.25. The van der Waals surface area contributed by atoms with Gasteiger partial charge >= 0.3 is 0 Å². The minimum Gasteiger partial charge on any atom is -0.328 e. The number of hydrogen-bond donors (Lipinski definition) is 1. The third-order valence-corrected chi connectivity index (χ3v) is 4.50. The van der Waals surface area contributed by atoms with E-state index in [0.717, 1.165) is 18.8 Å². The SMILES string of the molecule is CC(C)(C)CC(N)CCN1CCC(C(C)(C)C)CC1. The molecule has 1 aliphatic rings. The molecule has 1 aliphatic heterocycles. The highest BCUT2D eigenvalue weighted by Gasteiger charge is 2.28. The quantitative estimate of drug-likeness (QED) is 0.838. The van der Waals surface area contributed by atoms with Crippen molar-refractivity contribution in [2.75, 3.05) is 19.6 Å². The molecule has 19 heavy (non-hydrogen) atoms. The topological polar surface area (TPSA) is 29.3 Å². The van der Waals surface area contributed by atoms with Gasteiger partial charge in [-0.2, -0.15) is 0 Å². The Kier molecular flexibility index (Phi) is 5.88. The van der Waals surface area contributed by atoms with E-state index in [1.807, 2.05) is 0 Å². The average Bonchev–Trinajstić information content (AvgIpc) is 2.23. The van der Waals surface area contributed by atoms with Crippen LogP contribution >= 0.6 is 0 Å². The maximum absolute atomic E-state index is 6.25. The first-order valence-corrected chi connectivity index (χ1v) is 8.06. The number of piperidine rings is 1. The van der Waals surface area contributed by atoms with E-state index in [9.17, 15) is 0 Å². The van der Waals surface area contributed by atoms with E-state index in [4.69, 9.17) is 5.73 Å². The lowest BCUT2D eigenvalue weighted by molar-refractivity contribution is 0.109. The lowest BCUT2D eigenvalue weighted by Gasteiger charge is -2.39. The zero-order chi connectivity index (χ0) is 14.7. The molecular formula is C17H36N2. The van der Waals surface area contributed by atoms with E-state index >= 15 is 0 Å². The largest absolute Gasteiger partial charge is 0.328 e. The smallest absolute Gasteiger partial charge is 0.00559 e. The van der Waals surface area contributed by atoms with Crippen molar-refractivity contribution in [3.63, 3.8) is 0 Å². The van der Waals surface area contributed by atoms with Gasteiger partial charge in [-0.25, -0.2) is 0 Å². The summed E-state index contributed by atoms with van der Waals surface area (Å²) in [5.41, 5.74) is 7.09. The minimum absolute atomic E-state index is 0.360. The Labute approximate surface area is 121 Å². The van der Waals surface area contributed by atoms with Gasteiger partial charge in [-0.1, -0.05) is 41.5 Å². The van der Waals surface area contributed by atoms with Crippen LogP contribution in [0.5, 0.6) is 0 Å². The highest BCUT2D eigenvalue weighted by Crippen LogP contribution is 2.34. The molecule has 2 heteroatoms. The third-order valence-electron chi connectivity index (χ3n) is 4.50. The molecule has 0 aromatic carbocycles. The predicted molar refractivity (Wildman–Crippen MR) is 85.3 cm³/mol. The van der Waals surface area contributed by atoms with Crippen molar-refractivity contribution in [2.24, 2.45) is 22.5 Å². The van der Waals surface area contributed by atoms with E-state index in [1.54, 1.807) is 0 Å². The predicted octanol–water partition coefficient (Wildman–Crippen LogP) is 3.90. The van der Waals surface area contributed by atoms with E-state index < -0.39 is 0 Å². The van der Waals surface area contributed by atoms with Gasteiger partial charge in [0.05, 0.1) is 0 Å². The molecule has 1 atom stereocenters. The average molecular weight is 268 g/mol. The fourth-order valence-corrected chi connectivity index (χ4v) is 3.26. The van der Waals surface area contributed by atoms with Gasteiger partial charge in [-0.3, -0.25) is 0 Å². The maximum Gasteiger partial charge on any atom is 0.00559 e. The highest BCUT2D eigenvalue weighted by atomic mass is 15.1. The Morgan fingerprint density at radius 2 is 1.58 bits per heavy atom. The van der Waals surface area contributed by atoms with Crippen LogP contribution in [-0.2, 0) is 0 Å². The normalized spacial score (nSPS) is 21.6. The molecule has 1 rings (SSSR count). The summed E-state index contributed by atoms with van der Waals surface area (Å²) >= 11 is 0. The Bertz CT molecular complexity index is 251. The van der Waals surface area contributed by atoms with Gasteiger partial charge in [0.25, 0.3) is 0 Å². The molecule has 1 fully saturated rings. The third kappa shape index (κ3) is 6.76. The summed E-state index contributed by atoms with van der Waals surface area (Å²) in [7, 11) is 0. The van der Waals surface area contributed by atoms with E-state index in [2.05, 4.69) is 46.4 Å². The molecule has 0 saturated carbocycles. The first kappa shape index (κ1) is 17.0. The van der Waals surface area contributed by atoms with Crippen LogP contribution in [0, 0.1) is 16.7 Å². The summed E-state index contributed by atoms with van der Waals surface area (Å²) in [6, 6.07) is 0.361. The van der Waals surface area contributed by atoms with Gasteiger partial charge in [0.2, 0.25) is 0 Å². The molecule has 114 valence electrons. The monoisotopic (exact) mass is 268 g/mol. The molecule has 2 N–H and O–H groups in total. The van der Waals surface area contributed by atoms with Gasteiger partial charge in [0, 0.05) is 6.04 Å². The Hall–Kier alpha value is -0.0800. The first-order valence-electron chi connectivity index (χ1n) is 8.06. The Morgan fingerprint density at radius 3 is 2.00 bits per heavy atom. The van der Waals surface area contributed by atoms with Crippen LogP contribution in [-0.4, -0.2) is 30.6 Å². The van der Waals surface area contributed by atoms with Crippen molar-refractivity contribution < 1.29 is 0 Å². The molecule has 1 heterocycles. The number of nitrogens with zero attached hydrogens (tertiary/aromatic N) is 1. The van der Waals surface area contributed by atoms with Crippen LogP contribution in [0.3, 0.4) is 0 Å². The van der Waals surface area contributed by atoms with E-state index in [0.29, 0.717) is 16.9 Å². The zero-order valence-electron chi connectivity index (χ0n) is 14.1. The molecular weight excluding hydrogens is 232 g/mol. The van der Waals surface area contributed by atoms with Crippen LogP contribution in [0.4, 0.5) is 0 Å². The summed E-state index contributed by atoms with van der Waals surface area (Å²) in [6.45, 7) is 17.7. The lowest BCUT2D eigenvalue weighted by Crippen LogP contribution is -2.40. The second-order valence-electron chi connectivity index (χ2n) is 8.80. The molecule has 0 bridgehead atoms.